The van der Waals surface area contributed by atoms with Gasteiger partial charge in [-0.1, -0.05) is 13.8 Å². The lowest BCUT2D eigenvalue weighted by atomic mass is 10.1. The van der Waals surface area contributed by atoms with Gasteiger partial charge in [0.15, 0.2) is 0 Å². The molecule has 0 spiro atoms. The molecule has 3 nitrogen and oxygen atoms in total. The summed E-state index contributed by atoms with van der Waals surface area (Å²) < 4.78 is 0. The molecule has 13 heavy (non-hydrogen) atoms. The minimum atomic E-state index is 0.122. The average Bonchev–Trinajstić information content (AvgIpc) is 2.16. The Balaban J connectivity index is 3.44. The maximum Gasteiger partial charge on any atom is 0.134 e. The van der Waals surface area contributed by atoms with E-state index in [1.54, 1.807) is 0 Å². The van der Waals surface area contributed by atoms with Crippen molar-refractivity contribution in [3.8, 4) is 0 Å². The van der Waals surface area contributed by atoms with Crippen molar-refractivity contribution >= 4 is 5.78 Å². The lowest BCUT2D eigenvalue weighted by Crippen LogP contribution is -2.25. The van der Waals surface area contributed by atoms with E-state index in [0.29, 0.717) is 19.3 Å². The molecular formula is C10H21NO2. The molecule has 0 aliphatic rings. The van der Waals surface area contributed by atoms with Crippen LogP contribution in [0.4, 0.5) is 0 Å². The van der Waals surface area contributed by atoms with E-state index in [2.05, 4.69) is 18.7 Å². The molecule has 0 fully saturated rings. The third kappa shape index (κ3) is 6.72. The first-order valence-corrected chi connectivity index (χ1v) is 5.09. The van der Waals surface area contributed by atoms with Gasteiger partial charge in [0.25, 0.3) is 0 Å². The van der Waals surface area contributed by atoms with Crippen LogP contribution in [0.1, 0.15) is 33.1 Å². The Bertz CT molecular complexity index is 133. The van der Waals surface area contributed by atoms with E-state index < -0.39 is 0 Å². The molecule has 0 atom stereocenters. The summed E-state index contributed by atoms with van der Waals surface area (Å²) in [5.74, 6) is 0.265. The number of nitrogens with zero attached hydrogens (tertiary/aromatic N) is 1. The van der Waals surface area contributed by atoms with E-state index in [4.69, 9.17) is 5.11 Å². The van der Waals surface area contributed by atoms with E-state index in [9.17, 15) is 4.79 Å². The molecule has 0 aliphatic heterocycles. The normalized spacial score (nSPS) is 10.8. The first kappa shape index (κ1) is 12.6. The molecule has 0 aromatic rings. The van der Waals surface area contributed by atoms with Crippen LogP contribution in [0.25, 0.3) is 0 Å². The number of ketones is 1. The molecule has 0 unspecified atom stereocenters. The number of hydrogen-bond acceptors (Lipinski definition) is 3. The maximum atomic E-state index is 11.2. The Morgan fingerprint density at radius 2 is 1.85 bits per heavy atom. The summed E-state index contributed by atoms with van der Waals surface area (Å²) in [6, 6.07) is 0. The number of rotatable bonds is 8. The van der Waals surface area contributed by atoms with Crippen molar-refractivity contribution in [1.29, 1.82) is 0 Å². The van der Waals surface area contributed by atoms with Crippen molar-refractivity contribution < 1.29 is 9.90 Å². The SMILES string of the molecule is CCN(CC)CCC(=O)CCCO. The highest BCUT2D eigenvalue weighted by Gasteiger charge is 2.04. The molecule has 3 heteroatoms. The molecule has 0 radical (unpaired) electrons. The molecule has 78 valence electrons. The second-order valence-corrected chi connectivity index (χ2v) is 3.14. The van der Waals surface area contributed by atoms with Gasteiger partial charge in [0.2, 0.25) is 0 Å². The van der Waals surface area contributed by atoms with Crippen LogP contribution in [0, 0.1) is 0 Å². The number of carbonyl (C=O) groups excluding carboxylic acids is 1. The molecule has 1 N–H and O–H groups in total. The molecule has 0 bridgehead atoms. The van der Waals surface area contributed by atoms with E-state index in [0.717, 1.165) is 19.6 Å². The second-order valence-electron chi connectivity index (χ2n) is 3.14. The van der Waals surface area contributed by atoms with Gasteiger partial charge in [0.1, 0.15) is 5.78 Å². The van der Waals surface area contributed by atoms with Crippen LogP contribution < -0.4 is 0 Å². The van der Waals surface area contributed by atoms with Crippen LogP contribution in [0.3, 0.4) is 0 Å². The van der Waals surface area contributed by atoms with Crippen molar-refractivity contribution in [2.45, 2.75) is 33.1 Å². The summed E-state index contributed by atoms with van der Waals surface area (Å²) in [5, 5.41) is 8.52. The van der Waals surface area contributed by atoms with Crippen LogP contribution in [0.5, 0.6) is 0 Å². The second kappa shape index (κ2) is 8.20. The topological polar surface area (TPSA) is 40.5 Å². The summed E-state index contributed by atoms with van der Waals surface area (Å²) in [6.07, 6.45) is 1.76. The molecule has 0 amide bonds. The van der Waals surface area contributed by atoms with Crippen molar-refractivity contribution in [3.05, 3.63) is 0 Å². The third-order valence-electron chi connectivity index (χ3n) is 2.22. The predicted molar refractivity (Wildman–Crippen MR) is 53.7 cm³/mol. The van der Waals surface area contributed by atoms with E-state index in [1.807, 2.05) is 0 Å². The number of aliphatic hydroxyl groups is 1. The highest BCUT2D eigenvalue weighted by Crippen LogP contribution is 1.97. The molecule has 0 saturated heterocycles. The lowest BCUT2D eigenvalue weighted by Gasteiger charge is -2.16. The van der Waals surface area contributed by atoms with Gasteiger partial charge in [-0.05, 0) is 19.5 Å². The number of carbonyl (C=O) groups is 1. The Morgan fingerprint density at radius 1 is 1.23 bits per heavy atom. The first-order valence-electron chi connectivity index (χ1n) is 5.09. The number of aliphatic hydroxyl groups excluding tert-OH is 1. The van der Waals surface area contributed by atoms with E-state index in [1.165, 1.54) is 0 Å². The van der Waals surface area contributed by atoms with Crippen LogP contribution in [-0.2, 0) is 4.79 Å². The monoisotopic (exact) mass is 187 g/mol. The largest absolute Gasteiger partial charge is 0.396 e. The van der Waals surface area contributed by atoms with Gasteiger partial charge in [-0.25, -0.2) is 0 Å². The zero-order valence-electron chi connectivity index (χ0n) is 8.75. The fourth-order valence-corrected chi connectivity index (χ4v) is 1.22. The molecular weight excluding hydrogens is 166 g/mol. The van der Waals surface area contributed by atoms with Crippen LogP contribution in [0.15, 0.2) is 0 Å². The standard InChI is InChI=1S/C10H21NO2/c1-3-11(4-2)8-7-10(13)6-5-9-12/h12H,3-9H2,1-2H3. The zero-order valence-corrected chi connectivity index (χ0v) is 8.75. The Hall–Kier alpha value is -0.410. The van der Waals surface area contributed by atoms with Crippen molar-refractivity contribution in [1.82, 2.24) is 4.90 Å². The molecule has 0 aromatic heterocycles. The number of hydrogen-bond donors (Lipinski definition) is 1. The van der Waals surface area contributed by atoms with Gasteiger partial charge in [0.05, 0.1) is 0 Å². The third-order valence-corrected chi connectivity index (χ3v) is 2.22. The summed E-state index contributed by atoms with van der Waals surface area (Å²) in [7, 11) is 0. The molecule has 0 saturated carbocycles. The minimum absolute atomic E-state index is 0.122. The fraction of sp³-hybridized carbons (Fsp3) is 0.900. The number of Topliss-reactive ketones (excluding diaryl/α,β-unsaturated/α-hetero) is 1. The molecule has 0 aromatic carbocycles. The maximum absolute atomic E-state index is 11.2. The quantitative estimate of drug-likeness (QED) is 0.617. The van der Waals surface area contributed by atoms with E-state index >= 15 is 0 Å². The summed E-state index contributed by atoms with van der Waals surface area (Å²) in [4.78, 5) is 13.4. The predicted octanol–water partition coefficient (Wildman–Crippen LogP) is 1.06. The summed E-state index contributed by atoms with van der Waals surface area (Å²) >= 11 is 0. The van der Waals surface area contributed by atoms with Crippen molar-refractivity contribution in [2.24, 2.45) is 0 Å². The zero-order chi connectivity index (χ0) is 10.1. The van der Waals surface area contributed by atoms with Gasteiger partial charge < -0.3 is 10.0 Å². The van der Waals surface area contributed by atoms with Crippen molar-refractivity contribution in [2.75, 3.05) is 26.2 Å². The van der Waals surface area contributed by atoms with Gasteiger partial charge in [-0.2, -0.15) is 0 Å². The van der Waals surface area contributed by atoms with Gasteiger partial charge in [-0.15, -0.1) is 0 Å². The molecule has 0 rings (SSSR count). The Labute approximate surface area is 80.7 Å². The van der Waals surface area contributed by atoms with Crippen LogP contribution in [-0.4, -0.2) is 42.0 Å². The van der Waals surface area contributed by atoms with Crippen LogP contribution >= 0.6 is 0 Å². The summed E-state index contributed by atoms with van der Waals surface area (Å²) in [6.45, 7) is 7.19. The van der Waals surface area contributed by atoms with Crippen LogP contribution in [0.2, 0.25) is 0 Å². The Morgan fingerprint density at radius 3 is 2.31 bits per heavy atom. The lowest BCUT2D eigenvalue weighted by molar-refractivity contribution is -0.119. The highest BCUT2D eigenvalue weighted by molar-refractivity contribution is 5.78. The highest BCUT2D eigenvalue weighted by atomic mass is 16.3. The van der Waals surface area contributed by atoms with E-state index in [-0.39, 0.29) is 12.4 Å². The smallest absolute Gasteiger partial charge is 0.134 e. The molecule has 0 aliphatic carbocycles. The summed E-state index contributed by atoms with van der Waals surface area (Å²) in [5.41, 5.74) is 0. The molecule has 0 heterocycles. The first-order chi connectivity index (χ1) is 6.24. The average molecular weight is 187 g/mol. The van der Waals surface area contributed by atoms with Crippen molar-refractivity contribution in [3.63, 3.8) is 0 Å². The van der Waals surface area contributed by atoms with Gasteiger partial charge >= 0.3 is 0 Å². The van der Waals surface area contributed by atoms with Gasteiger partial charge in [0, 0.05) is 26.0 Å². The Kier molecular flexibility index (Phi) is 7.94. The fourth-order valence-electron chi connectivity index (χ4n) is 1.22. The van der Waals surface area contributed by atoms with Gasteiger partial charge in [-0.3, -0.25) is 4.79 Å². The minimum Gasteiger partial charge on any atom is -0.396 e.